The van der Waals surface area contributed by atoms with Crippen LogP contribution >= 0.6 is 0 Å². The quantitative estimate of drug-likeness (QED) is 0.833. The second-order valence-corrected chi connectivity index (χ2v) is 3.91. The van der Waals surface area contributed by atoms with E-state index in [0.717, 1.165) is 0 Å². The van der Waals surface area contributed by atoms with Crippen LogP contribution in [0.3, 0.4) is 0 Å². The number of anilines is 1. The summed E-state index contributed by atoms with van der Waals surface area (Å²) >= 11 is 0. The molecule has 0 bridgehead atoms. The van der Waals surface area contributed by atoms with Crippen molar-refractivity contribution in [1.82, 2.24) is 4.90 Å². The van der Waals surface area contributed by atoms with Gasteiger partial charge in [0.25, 0.3) is 0 Å². The maximum atomic E-state index is 12.7. The van der Waals surface area contributed by atoms with E-state index in [-0.39, 0.29) is 30.8 Å². The molecule has 1 aromatic rings. The van der Waals surface area contributed by atoms with E-state index in [1.54, 1.807) is 14.0 Å². The zero-order valence-electron chi connectivity index (χ0n) is 11.0. The number of hydrogen-bond donors (Lipinski definition) is 1. The molecule has 1 aromatic carbocycles. The second kappa shape index (κ2) is 7.35. The van der Waals surface area contributed by atoms with Gasteiger partial charge in [-0.1, -0.05) is 0 Å². The third kappa shape index (κ3) is 5.37. The Kier molecular flexibility index (Phi) is 5.78. The zero-order chi connectivity index (χ0) is 14.3. The molecule has 5 nitrogen and oxygen atoms in total. The van der Waals surface area contributed by atoms with Crippen molar-refractivity contribution in [3.05, 3.63) is 30.1 Å². The first-order valence-corrected chi connectivity index (χ1v) is 5.96. The van der Waals surface area contributed by atoms with E-state index in [4.69, 9.17) is 4.74 Å². The summed E-state index contributed by atoms with van der Waals surface area (Å²) in [5.41, 5.74) is 0.495. The fourth-order valence-electron chi connectivity index (χ4n) is 1.35. The highest BCUT2D eigenvalue weighted by molar-refractivity contribution is 5.89. The van der Waals surface area contributed by atoms with E-state index in [2.05, 4.69) is 5.32 Å². The molecule has 0 aromatic heterocycles. The van der Waals surface area contributed by atoms with Gasteiger partial charge in [-0.3, -0.25) is 4.79 Å². The monoisotopic (exact) mass is 268 g/mol. The van der Waals surface area contributed by atoms with Crippen LogP contribution in [0.15, 0.2) is 24.3 Å². The molecule has 0 aliphatic rings. The smallest absolute Gasteiger partial charge is 0.321 e. The Balaban J connectivity index is 2.40. The van der Waals surface area contributed by atoms with Crippen molar-refractivity contribution in [3.63, 3.8) is 0 Å². The first kappa shape index (κ1) is 14.9. The van der Waals surface area contributed by atoms with Crippen molar-refractivity contribution in [2.75, 3.05) is 25.5 Å². The summed E-state index contributed by atoms with van der Waals surface area (Å²) in [4.78, 5) is 24.2. The molecule has 0 atom stereocenters. The lowest BCUT2D eigenvalue weighted by atomic mass is 10.3. The highest BCUT2D eigenvalue weighted by Gasteiger charge is 2.11. The van der Waals surface area contributed by atoms with E-state index in [9.17, 15) is 14.0 Å². The summed E-state index contributed by atoms with van der Waals surface area (Å²) in [5.74, 6) is -0.711. The number of halogens is 1. The molecular weight excluding hydrogens is 251 g/mol. The molecule has 6 heteroatoms. The van der Waals surface area contributed by atoms with Gasteiger partial charge in [-0.15, -0.1) is 0 Å². The predicted octanol–water partition coefficient (Wildman–Crippen LogP) is 2.24. The van der Waals surface area contributed by atoms with Crippen LogP contribution < -0.4 is 5.32 Å². The molecule has 2 amide bonds. The molecule has 0 spiro atoms. The summed E-state index contributed by atoms with van der Waals surface area (Å²) in [6.07, 6.45) is 0.140. The Labute approximate surface area is 111 Å². The summed E-state index contributed by atoms with van der Waals surface area (Å²) in [6.45, 7) is 2.30. The fraction of sp³-hybridized carbons (Fsp3) is 0.385. The molecular formula is C13H17FN2O3. The van der Waals surface area contributed by atoms with Crippen LogP contribution in [0.5, 0.6) is 0 Å². The molecule has 0 heterocycles. The van der Waals surface area contributed by atoms with Crippen LogP contribution in [0.25, 0.3) is 0 Å². The van der Waals surface area contributed by atoms with E-state index >= 15 is 0 Å². The molecule has 0 fully saturated rings. The largest absolute Gasteiger partial charge is 0.466 e. The number of nitrogens with one attached hydrogen (secondary N) is 1. The van der Waals surface area contributed by atoms with Gasteiger partial charge in [-0.05, 0) is 31.2 Å². The van der Waals surface area contributed by atoms with Crippen LogP contribution in [-0.4, -0.2) is 37.1 Å². The molecule has 0 aliphatic carbocycles. The number of amides is 2. The summed E-state index contributed by atoms with van der Waals surface area (Å²) in [7, 11) is 1.57. The minimum Gasteiger partial charge on any atom is -0.466 e. The lowest BCUT2D eigenvalue weighted by molar-refractivity contribution is -0.143. The third-order valence-corrected chi connectivity index (χ3v) is 2.40. The molecule has 1 N–H and O–H groups in total. The lowest BCUT2D eigenvalue weighted by Gasteiger charge is -2.17. The number of urea groups is 1. The Morgan fingerprint density at radius 1 is 1.32 bits per heavy atom. The molecule has 0 saturated heterocycles. The van der Waals surface area contributed by atoms with Gasteiger partial charge in [-0.2, -0.15) is 0 Å². The van der Waals surface area contributed by atoms with Gasteiger partial charge in [-0.25, -0.2) is 9.18 Å². The molecule has 0 radical (unpaired) electrons. The van der Waals surface area contributed by atoms with Gasteiger partial charge in [0, 0.05) is 19.3 Å². The van der Waals surface area contributed by atoms with Crippen molar-refractivity contribution in [3.8, 4) is 0 Å². The minimum absolute atomic E-state index is 0.140. The lowest BCUT2D eigenvalue weighted by Crippen LogP contribution is -2.33. The Morgan fingerprint density at radius 2 is 1.95 bits per heavy atom. The van der Waals surface area contributed by atoms with Crippen LogP contribution in [0, 0.1) is 5.82 Å². The maximum Gasteiger partial charge on any atom is 0.321 e. The number of nitrogens with zero attached hydrogens (tertiary/aromatic N) is 1. The highest BCUT2D eigenvalue weighted by Crippen LogP contribution is 2.09. The third-order valence-electron chi connectivity index (χ3n) is 2.40. The highest BCUT2D eigenvalue weighted by atomic mass is 19.1. The van der Waals surface area contributed by atoms with Crippen molar-refractivity contribution in [1.29, 1.82) is 0 Å². The molecule has 104 valence electrons. The number of esters is 1. The van der Waals surface area contributed by atoms with Gasteiger partial charge in [0.1, 0.15) is 5.82 Å². The van der Waals surface area contributed by atoms with Crippen LogP contribution in [0.2, 0.25) is 0 Å². The number of hydrogen-bond acceptors (Lipinski definition) is 3. The minimum atomic E-state index is -0.367. The standard InChI is InChI=1S/C13H17FN2O3/c1-3-19-12(17)8-9-16(2)13(18)15-11-6-4-10(14)5-7-11/h4-7H,3,8-9H2,1-2H3,(H,15,18). The number of rotatable bonds is 5. The molecule has 0 unspecified atom stereocenters. The predicted molar refractivity (Wildman–Crippen MR) is 69.3 cm³/mol. The number of carbonyl (C=O) groups excluding carboxylic acids is 2. The van der Waals surface area contributed by atoms with Gasteiger partial charge in [0.15, 0.2) is 0 Å². The number of benzene rings is 1. The Bertz CT molecular complexity index is 434. The van der Waals surface area contributed by atoms with E-state index in [1.165, 1.54) is 29.2 Å². The SMILES string of the molecule is CCOC(=O)CCN(C)C(=O)Nc1ccc(F)cc1. The first-order valence-electron chi connectivity index (χ1n) is 5.96. The Morgan fingerprint density at radius 3 is 2.53 bits per heavy atom. The summed E-state index contributed by atoms with van der Waals surface area (Å²) in [5, 5.41) is 2.59. The topological polar surface area (TPSA) is 58.6 Å². The van der Waals surface area contributed by atoms with E-state index < -0.39 is 0 Å². The van der Waals surface area contributed by atoms with Crippen LogP contribution in [0.1, 0.15) is 13.3 Å². The van der Waals surface area contributed by atoms with Gasteiger partial charge in [0.05, 0.1) is 13.0 Å². The molecule has 0 aliphatic heterocycles. The number of ether oxygens (including phenoxy) is 1. The van der Waals surface area contributed by atoms with Gasteiger partial charge >= 0.3 is 12.0 Å². The van der Waals surface area contributed by atoms with Crippen molar-refractivity contribution < 1.29 is 18.7 Å². The zero-order valence-corrected chi connectivity index (χ0v) is 11.0. The number of carbonyl (C=O) groups is 2. The fourth-order valence-corrected chi connectivity index (χ4v) is 1.35. The van der Waals surface area contributed by atoms with Crippen molar-refractivity contribution in [2.24, 2.45) is 0 Å². The first-order chi connectivity index (χ1) is 9.02. The van der Waals surface area contributed by atoms with Gasteiger partial charge < -0.3 is 15.0 Å². The average molecular weight is 268 g/mol. The molecule has 19 heavy (non-hydrogen) atoms. The second-order valence-electron chi connectivity index (χ2n) is 3.91. The summed E-state index contributed by atoms with van der Waals surface area (Å²) in [6, 6.07) is 5.08. The molecule has 0 saturated carbocycles. The van der Waals surface area contributed by atoms with E-state index in [0.29, 0.717) is 12.3 Å². The van der Waals surface area contributed by atoms with E-state index in [1.807, 2.05) is 0 Å². The maximum absolute atomic E-state index is 12.7. The van der Waals surface area contributed by atoms with Crippen LogP contribution in [-0.2, 0) is 9.53 Å². The Hall–Kier alpha value is -2.11. The van der Waals surface area contributed by atoms with Crippen molar-refractivity contribution in [2.45, 2.75) is 13.3 Å². The normalized spacial score (nSPS) is 9.84. The van der Waals surface area contributed by atoms with Crippen molar-refractivity contribution >= 4 is 17.7 Å². The molecule has 1 rings (SSSR count). The van der Waals surface area contributed by atoms with Crippen LogP contribution in [0.4, 0.5) is 14.9 Å². The summed E-state index contributed by atoms with van der Waals surface area (Å²) < 4.78 is 17.5. The average Bonchev–Trinajstić information content (AvgIpc) is 2.39. The van der Waals surface area contributed by atoms with Gasteiger partial charge in [0.2, 0.25) is 0 Å².